The van der Waals surface area contributed by atoms with Crippen LogP contribution in [-0.4, -0.2) is 31.1 Å². The van der Waals surface area contributed by atoms with Crippen molar-refractivity contribution < 1.29 is 14.3 Å². The maximum Gasteiger partial charge on any atom is 0.234 e. The average Bonchev–Trinajstić information content (AvgIpc) is 2.63. The Balaban J connectivity index is 1.74. The van der Waals surface area contributed by atoms with Gasteiger partial charge in [-0.2, -0.15) is 0 Å². The van der Waals surface area contributed by atoms with Crippen molar-refractivity contribution in [3.05, 3.63) is 53.6 Å². The third kappa shape index (κ3) is 5.99. The first-order valence-corrected chi connectivity index (χ1v) is 9.90. The van der Waals surface area contributed by atoms with Crippen molar-refractivity contribution in [1.82, 2.24) is 0 Å². The van der Waals surface area contributed by atoms with Gasteiger partial charge < -0.3 is 14.8 Å². The smallest absolute Gasteiger partial charge is 0.234 e. The number of hydrogen-bond acceptors (Lipinski definition) is 4. The molecule has 1 N–H and O–H groups in total. The normalized spacial score (nSPS) is 10.7. The predicted molar refractivity (Wildman–Crippen MR) is 110 cm³/mol. The highest BCUT2D eigenvalue weighted by Gasteiger charge is 2.12. The summed E-state index contributed by atoms with van der Waals surface area (Å²) in [7, 11) is 1.64. The highest BCUT2D eigenvalue weighted by atomic mass is 32.2. The summed E-state index contributed by atoms with van der Waals surface area (Å²) in [5.41, 5.74) is 3.21. The molecule has 0 saturated heterocycles. The van der Waals surface area contributed by atoms with E-state index in [1.807, 2.05) is 43.3 Å². The molecule has 0 saturated carbocycles. The van der Waals surface area contributed by atoms with Crippen LogP contribution in [0.2, 0.25) is 0 Å². The third-order valence-electron chi connectivity index (χ3n) is 3.98. The molecule has 0 spiro atoms. The number of benzene rings is 2. The molecule has 0 unspecified atom stereocenters. The van der Waals surface area contributed by atoms with Crippen LogP contribution in [-0.2, 0) is 4.79 Å². The molecular weight excluding hydrogens is 346 g/mol. The number of carbonyl (C=O) groups is 1. The van der Waals surface area contributed by atoms with Crippen LogP contribution in [0.1, 0.15) is 30.9 Å². The first-order chi connectivity index (χ1) is 12.5. The van der Waals surface area contributed by atoms with Gasteiger partial charge in [-0.25, -0.2) is 0 Å². The van der Waals surface area contributed by atoms with E-state index in [0.717, 1.165) is 28.5 Å². The van der Waals surface area contributed by atoms with Gasteiger partial charge in [-0.1, -0.05) is 32.0 Å². The Bertz CT molecular complexity index is 714. The summed E-state index contributed by atoms with van der Waals surface area (Å²) in [5, 5.41) is 3.07. The van der Waals surface area contributed by atoms with Gasteiger partial charge in [0.05, 0.1) is 19.5 Å². The quantitative estimate of drug-likeness (QED) is 0.637. The summed E-state index contributed by atoms with van der Waals surface area (Å²) < 4.78 is 10.8. The number of carbonyl (C=O) groups excluding carboxylic acids is 1. The second-order valence-corrected chi connectivity index (χ2v) is 7.42. The molecule has 1 amide bonds. The van der Waals surface area contributed by atoms with Crippen molar-refractivity contribution in [2.75, 3.05) is 30.5 Å². The van der Waals surface area contributed by atoms with Crippen LogP contribution in [0.5, 0.6) is 11.5 Å². The van der Waals surface area contributed by atoms with Crippen LogP contribution in [0.4, 0.5) is 5.69 Å². The lowest BCUT2D eigenvalue weighted by Crippen LogP contribution is -2.17. The first kappa shape index (κ1) is 20.2. The molecule has 0 aliphatic heterocycles. The molecule has 0 radical (unpaired) electrons. The van der Waals surface area contributed by atoms with Gasteiger partial charge in [-0.15, -0.1) is 11.8 Å². The van der Waals surface area contributed by atoms with Gasteiger partial charge in [0, 0.05) is 11.4 Å². The second kappa shape index (κ2) is 10.1. The monoisotopic (exact) mass is 373 g/mol. The molecule has 0 aliphatic rings. The minimum atomic E-state index is 0.0237. The van der Waals surface area contributed by atoms with E-state index in [2.05, 4.69) is 25.2 Å². The number of anilines is 1. The van der Waals surface area contributed by atoms with E-state index in [1.165, 1.54) is 5.56 Å². The molecule has 0 aromatic heterocycles. The summed E-state index contributed by atoms with van der Waals surface area (Å²) in [4.78, 5) is 12.3. The number of rotatable bonds is 9. The van der Waals surface area contributed by atoms with Crippen LogP contribution in [0, 0.1) is 6.92 Å². The molecule has 140 valence electrons. The number of methoxy groups -OCH3 is 1. The highest BCUT2D eigenvalue weighted by molar-refractivity contribution is 7.99. The number of hydrogen-bond donors (Lipinski definition) is 1. The fourth-order valence-electron chi connectivity index (χ4n) is 2.57. The van der Waals surface area contributed by atoms with Crippen LogP contribution in [0.25, 0.3) is 0 Å². The molecule has 0 bridgehead atoms. The Hall–Kier alpha value is -2.14. The number of aryl methyl sites for hydroxylation is 1. The van der Waals surface area contributed by atoms with Gasteiger partial charge in [0.1, 0.15) is 11.5 Å². The van der Waals surface area contributed by atoms with Crippen LogP contribution < -0.4 is 14.8 Å². The lowest BCUT2D eigenvalue weighted by atomic mass is 9.98. The molecule has 26 heavy (non-hydrogen) atoms. The molecule has 0 fully saturated rings. The molecule has 2 aromatic rings. The fraction of sp³-hybridized carbons (Fsp3) is 0.381. The molecular formula is C21H27NO3S. The van der Waals surface area contributed by atoms with E-state index in [1.54, 1.807) is 18.9 Å². The lowest BCUT2D eigenvalue weighted by molar-refractivity contribution is -0.113. The Labute approximate surface area is 160 Å². The maximum atomic E-state index is 12.3. The Morgan fingerprint density at radius 2 is 1.81 bits per heavy atom. The van der Waals surface area contributed by atoms with Crippen molar-refractivity contribution >= 4 is 23.4 Å². The number of ether oxygens (including phenoxy) is 2. The number of nitrogens with one attached hydrogen (secondary N) is 1. The van der Waals surface area contributed by atoms with E-state index < -0.39 is 0 Å². The van der Waals surface area contributed by atoms with E-state index in [-0.39, 0.29) is 5.91 Å². The number of thioether (sulfide) groups is 1. The van der Waals surface area contributed by atoms with E-state index in [0.29, 0.717) is 18.3 Å². The van der Waals surface area contributed by atoms with Crippen LogP contribution in [0.3, 0.4) is 0 Å². The summed E-state index contributed by atoms with van der Waals surface area (Å²) in [5.74, 6) is 3.17. The first-order valence-electron chi connectivity index (χ1n) is 8.75. The van der Waals surface area contributed by atoms with Gasteiger partial charge in [-0.05, 0) is 48.2 Å². The Morgan fingerprint density at radius 1 is 1.12 bits per heavy atom. The summed E-state index contributed by atoms with van der Waals surface area (Å²) in [6.07, 6.45) is 0. The number of amides is 1. The summed E-state index contributed by atoms with van der Waals surface area (Å²) in [6.45, 7) is 6.86. The van der Waals surface area contributed by atoms with Gasteiger partial charge in [0.15, 0.2) is 0 Å². The van der Waals surface area contributed by atoms with E-state index in [9.17, 15) is 4.79 Å². The summed E-state index contributed by atoms with van der Waals surface area (Å²) >= 11 is 1.57. The van der Waals surface area contributed by atoms with E-state index in [4.69, 9.17) is 9.47 Å². The zero-order chi connectivity index (χ0) is 18.9. The van der Waals surface area contributed by atoms with Gasteiger partial charge in [0.2, 0.25) is 5.91 Å². The fourth-order valence-corrected chi connectivity index (χ4v) is 3.18. The van der Waals surface area contributed by atoms with Crippen molar-refractivity contribution in [2.45, 2.75) is 26.7 Å². The molecule has 5 heteroatoms. The Morgan fingerprint density at radius 3 is 2.46 bits per heavy atom. The zero-order valence-electron chi connectivity index (χ0n) is 15.9. The van der Waals surface area contributed by atoms with Crippen molar-refractivity contribution in [1.29, 1.82) is 0 Å². The van der Waals surface area contributed by atoms with E-state index >= 15 is 0 Å². The highest BCUT2D eigenvalue weighted by Crippen LogP contribution is 2.27. The largest absolute Gasteiger partial charge is 0.497 e. The molecule has 0 heterocycles. The van der Waals surface area contributed by atoms with Gasteiger partial charge in [0.25, 0.3) is 0 Å². The summed E-state index contributed by atoms with van der Waals surface area (Å²) in [6, 6.07) is 13.6. The minimum Gasteiger partial charge on any atom is -0.497 e. The third-order valence-corrected chi connectivity index (χ3v) is 4.90. The van der Waals surface area contributed by atoms with Crippen molar-refractivity contribution in [2.24, 2.45) is 0 Å². The second-order valence-electron chi connectivity index (χ2n) is 6.32. The maximum absolute atomic E-state index is 12.3. The van der Waals surface area contributed by atoms with Gasteiger partial charge >= 0.3 is 0 Å². The zero-order valence-corrected chi connectivity index (χ0v) is 16.7. The van der Waals surface area contributed by atoms with Crippen molar-refractivity contribution in [3.63, 3.8) is 0 Å². The Kier molecular flexibility index (Phi) is 7.85. The van der Waals surface area contributed by atoms with Crippen LogP contribution in [0.15, 0.2) is 42.5 Å². The standard InChI is InChI=1S/C21H27NO3S/c1-15(2)19-7-5-6-16(3)21(19)22-20(23)14-26-13-12-25-18-10-8-17(24-4)9-11-18/h5-11,15H,12-14H2,1-4H3,(H,22,23). The molecule has 2 rings (SSSR count). The van der Waals surface area contributed by atoms with Gasteiger partial charge in [-0.3, -0.25) is 4.79 Å². The lowest BCUT2D eigenvalue weighted by Gasteiger charge is -2.16. The topological polar surface area (TPSA) is 47.6 Å². The molecule has 4 nitrogen and oxygen atoms in total. The number of para-hydroxylation sites is 1. The van der Waals surface area contributed by atoms with Crippen molar-refractivity contribution in [3.8, 4) is 11.5 Å². The SMILES string of the molecule is COc1ccc(OCCSCC(=O)Nc2c(C)cccc2C(C)C)cc1. The molecule has 0 aliphatic carbocycles. The molecule has 0 atom stereocenters. The van der Waals surface area contributed by atoms with Crippen LogP contribution >= 0.6 is 11.8 Å². The molecule has 2 aromatic carbocycles. The average molecular weight is 374 g/mol. The minimum absolute atomic E-state index is 0.0237. The predicted octanol–water partition coefficient (Wildman–Crippen LogP) is 4.88.